The largest absolute Gasteiger partial charge is 0.396 e. The number of hydrogen-bond donors (Lipinski definition) is 2. The van der Waals surface area contributed by atoms with Crippen molar-refractivity contribution in [3.8, 4) is 0 Å². The highest BCUT2D eigenvalue weighted by Gasteiger charge is 2.04. The molecule has 0 spiro atoms. The third kappa shape index (κ3) is 2.90. The molecule has 2 aromatic heterocycles. The molecule has 0 radical (unpaired) electrons. The summed E-state index contributed by atoms with van der Waals surface area (Å²) in [5.41, 5.74) is 8.59. The van der Waals surface area contributed by atoms with E-state index >= 15 is 0 Å². The Morgan fingerprint density at radius 1 is 1.39 bits per heavy atom. The molecule has 0 aromatic carbocycles. The molecule has 2 aromatic rings. The number of anilines is 2. The molecule has 0 aliphatic rings. The van der Waals surface area contributed by atoms with Crippen molar-refractivity contribution in [3.63, 3.8) is 0 Å². The molecule has 2 rings (SSSR count). The van der Waals surface area contributed by atoms with Crippen molar-refractivity contribution in [2.45, 2.75) is 19.9 Å². The van der Waals surface area contributed by atoms with Gasteiger partial charge in [0, 0.05) is 12.4 Å². The number of nitrogen functional groups attached to an aromatic ring is 1. The van der Waals surface area contributed by atoms with Gasteiger partial charge in [-0.3, -0.25) is 4.98 Å². The van der Waals surface area contributed by atoms with Crippen LogP contribution in [0.5, 0.6) is 0 Å². The topological polar surface area (TPSA) is 63.8 Å². The predicted octanol–water partition coefficient (Wildman–Crippen LogP) is 2.89. The minimum atomic E-state index is 0.533. The van der Waals surface area contributed by atoms with Gasteiger partial charge in [-0.15, -0.1) is 0 Å². The summed E-state index contributed by atoms with van der Waals surface area (Å²) in [6.45, 7) is 2.71. The number of rotatable bonds is 4. The van der Waals surface area contributed by atoms with Crippen LogP contribution >= 0.6 is 11.6 Å². The molecule has 0 saturated carbocycles. The lowest BCUT2D eigenvalue weighted by Crippen LogP contribution is -2.07. The third-order valence-electron chi connectivity index (χ3n) is 2.67. The van der Waals surface area contributed by atoms with Crippen LogP contribution in [0.15, 0.2) is 30.6 Å². The summed E-state index contributed by atoms with van der Waals surface area (Å²) < 4.78 is 0. The first kappa shape index (κ1) is 12.6. The monoisotopic (exact) mass is 262 g/mol. The summed E-state index contributed by atoms with van der Waals surface area (Å²) >= 11 is 5.80. The van der Waals surface area contributed by atoms with E-state index in [1.165, 1.54) is 5.56 Å². The number of aromatic nitrogens is 2. The number of nitrogens with zero attached hydrogens (tertiary/aromatic N) is 2. The number of aryl methyl sites for hydroxylation is 1. The van der Waals surface area contributed by atoms with E-state index < -0.39 is 0 Å². The molecular formula is C13H15ClN4. The Balaban J connectivity index is 2.11. The first-order valence-electron chi connectivity index (χ1n) is 5.78. The van der Waals surface area contributed by atoms with Gasteiger partial charge < -0.3 is 11.1 Å². The van der Waals surface area contributed by atoms with E-state index in [9.17, 15) is 0 Å². The summed E-state index contributed by atoms with van der Waals surface area (Å²) in [5, 5.41) is 3.71. The zero-order valence-corrected chi connectivity index (χ0v) is 10.9. The van der Waals surface area contributed by atoms with Crippen LogP contribution in [-0.4, -0.2) is 9.97 Å². The summed E-state index contributed by atoms with van der Waals surface area (Å²) in [5.74, 6) is 0.632. The van der Waals surface area contributed by atoms with Gasteiger partial charge in [-0.2, -0.15) is 0 Å². The van der Waals surface area contributed by atoms with Crippen molar-refractivity contribution in [2.24, 2.45) is 0 Å². The van der Waals surface area contributed by atoms with Crippen LogP contribution in [0.3, 0.4) is 0 Å². The van der Waals surface area contributed by atoms with Crippen molar-refractivity contribution in [2.75, 3.05) is 11.1 Å². The standard InChI is InChI=1S/C13H15ClN4/c1-2-9-4-3-5-16-12(9)8-18-13-11(15)6-10(14)7-17-13/h3-7H,2,8,15H2,1H3,(H,17,18). The average molecular weight is 263 g/mol. The zero-order chi connectivity index (χ0) is 13.0. The van der Waals surface area contributed by atoms with Crippen LogP contribution in [0.4, 0.5) is 11.5 Å². The highest BCUT2D eigenvalue weighted by atomic mass is 35.5. The van der Waals surface area contributed by atoms with E-state index in [1.807, 2.05) is 6.07 Å². The molecule has 0 atom stereocenters. The molecule has 18 heavy (non-hydrogen) atoms. The van der Waals surface area contributed by atoms with Gasteiger partial charge in [0.1, 0.15) is 5.82 Å². The lowest BCUT2D eigenvalue weighted by atomic mass is 10.1. The first-order chi connectivity index (χ1) is 8.70. The molecule has 0 unspecified atom stereocenters. The van der Waals surface area contributed by atoms with Crippen LogP contribution in [0.1, 0.15) is 18.2 Å². The lowest BCUT2D eigenvalue weighted by Gasteiger charge is -2.10. The van der Waals surface area contributed by atoms with Crippen molar-refractivity contribution in [1.29, 1.82) is 0 Å². The number of nitrogens with one attached hydrogen (secondary N) is 1. The van der Waals surface area contributed by atoms with Crippen molar-refractivity contribution >= 4 is 23.1 Å². The fourth-order valence-electron chi connectivity index (χ4n) is 1.72. The maximum atomic E-state index is 5.83. The maximum Gasteiger partial charge on any atom is 0.149 e. The molecule has 0 saturated heterocycles. The van der Waals surface area contributed by atoms with Crippen LogP contribution in [-0.2, 0) is 13.0 Å². The van der Waals surface area contributed by atoms with Crippen LogP contribution in [0.25, 0.3) is 0 Å². The lowest BCUT2D eigenvalue weighted by molar-refractivity contribution is 0.965. The van der Waals surface area contributed by atoms with Crippen molar-refractivity contribution in [3.05, 3.63) is 46.9 Å². The molecule has 4 nitrogen and oxygen atoms in total. The van der Waals surface area contributed by atoms with Crippen molar-refractivity contribution in [1.82, 2.24) is 9.97 Å². The van der Waals surface area contributed by atoms with Gasteiger partial charge in [-0.05, 0) is 24.1 Å². The Bertz CT molecular complexity index is 542. The average Bonchev–Trinajstić information content (AvgIpc) is 2.38. The van der Waals surface area contributed by atoms with E-state index in [-0.39, 0.29) is 0 Å². The second-order valence-corrected chi connectivity index (χ2v) is 4.34. The Kier molecular flexibility index (Phi) is 3.99. The van der Waals surface area contributed by atoms with Crippen LogP contribution in [0.2, 0.25) is 5.02 Å². The molecular weight excluding hydrogens is 248 g/mol. The molecule has 94 valence electrons. The van der Waals surface area contributed by atoms with Crippen LogP contribution < -0.4 is 11.1 Å². The summed E-state index contributed by atoms with van der Waals surface area (Å²) in [6, 6.07) is 5.69. The quantitative estimate of drug-likeness (QED) is 0.889. The maximum absolute atomic E-state index is 5.83. The number of nitrogens with two attached hydrogens (primary N) is 1. The number of pyridine rings is 2. The second-order valence-electron chi connectivity index (χ2n) is 3.91. The third-order valence-corrected chi connectivity index (χ3v) is 2.88. The van der Waals surface area contributed by atoms with Gasteiger partial charge in [-0.25, -0.2) is 4.98 Å². The number of hydrogen-bond acceptors (Lipinski definition) is 4. The fraction of sp³-hybridized carbons (Fsp3) is 0.231. The SMILES string of the molecule is CCc1cccnc1CNc1ncc(Cl)cc1N. The molecule has 0 aliphatic heterocycles. The molecule has 0 aliphatic carbocycles. The Morgan fingerprint density at radius 2 is 2.22 bits per heavy atom. The highest BCUT2D eigenvalue weighted by Crippen LogP contribution is 2.20. The Labute approximate surface area is 111 Å². The van der Waals surface area contributed by atoms with E-state index in [4.69, 9.17) is 17.3 Å². The smallest absolute Gasteiger partial charge is 0.149 e. The molecule has 0 amide bonds. The number of halogens is 1. The molecule has 5 heteroatoms. The minimum absolute atomic E-state index is 0.533. The van der Waals surface area contributed by atoms with Gasteiger partial charge in [0.05, 0.1) is 22.9 Å². The molecule has 2 heterocycles. The summed E-state index contributed by atoms with van der Waals surface area (Å²) in [4.78, 5) is 8.51. The van der Waals surface area contributed by atoms with E-state index in [0.717, 1.165) is 12.1 Å². The molecule has 0 bridgehead atoms. The van der Waals surface area contributed by atoms with Gasteiger partial charge in [0.25, 0.3) is 0 Å². The summed E-state index contributed by atoms with van der Waals surface area (Å²) in [7, 11) is 0. The first-order valence-corrected chi connectivity index (χ1v) is 6.16. The molecule has 0 fully saturated rings. The van der Waals surface area contributed by atoms with Gasteiger partial charge >= 0.3 is 0 Å². The Hall–Kier alpha value is -1.81. The summed E-state index contributed by atoms with van der Waals surface area (Å²) in [6.07, 6.45) is 4.31. The second kappa shape index (κ2) is 5.69. The van der Waals surface area contributed by atoms with Gasteiger partial charge in [0.15, 0.2) is 0 Å². The normalized spacial score (nSPS) is 10.3. The zero-order valence-electron chi connectivity index (χ0n) is 10.2. The van der Waals surface area contributed by atoms with Crippen LogP contribution in [0, 0.1) is 0 Å². The highest BCUT2D eigenvalue weighted by molar-refractivity contribution is 6.30. The molecule has 3 N–H and O–H groups in total. The van der Waals surface area contributed by atoms with E-state index in [2.05, 4.69) is 28.3 Å². The van der Waals surface area contributed by atoms with Gasteiger partial charge in [0.2, 0.25) is 0 Å². The van der Waals surface area contributed by atoms with E-state index in [0.29, 0.717) is 23.1 Å². The predicted molar refractivity (Wildman–Crippen MR) is 74.6 cm³/mol. The van der Waals surface area contributed by atoms with E-state index in [1.54, 1.807) is 18.5 Å². The Morgan fingerprint density at radius 3 is 2.94 bits per heavy atom. The fourth-order valence-corrected chi connectivity index (χ4v) is 1.89. The van der Waals surface area contributed by atoms with Gasteiger partial charge in [-0.1, -0.05) is 24.6 Å². The minimum Gasteiger partial charge on any atom is -0.396 e. The van der Waals surface area contributed by atoms with Crippen molar-refractivity contribution < 1.29 is 0 Å².